The van der Waals surface area contributed by atoms with Crippen LogP contribution < -0.4 is 11.1 Å². The lowest BCUT2D eigenvalue weighted by Gasteiger charge is -1.91. The molecule has 0 atom stereocenters. The molecular weight excluding hydrogens is 150 g/mol. The number of amides is 1. The molecule has 1 amide bonds. The predicted octanol–water partition coefficient (Wildman–Crippen LogP) is 0.684. The molecule has 0 unspecified atom stereocenters. The van der Waals surface area contributed by atoms with E-state index in [2.05, 4.69) is 10.3 Å². The Labute approximate surface area is 62.1 Å². The molecule has 0 aromatic carbocycles. The fourth-order valence-electron chi connectivity index (χ4n) is 0.495. The number of hydrogen-bond donors (Lipinski definition) is 2. The lowest BCUT2D eigenvalue weighted by atomic mass is 10.7. The molecule has 1 rings (SSSR count). The largest absolute Gasteiger partial charge is 0.389 e. The molecule has 1 aromatic heterocycles. The highest BCUT2D eigenvalue weighted by Gasteiger charge is 1.98. The van der Waals surface area contributed by atoms with Crippen LogP contribution in [0.4, 0.5) is 10.1 Å². The number of nitrogens with one attached hydrogen (secondary N) is 1. The van der Waals surface area contributed by atoms with Crippen LogP contribution in [-0.2, 0) is 4.79 Å². The second kappa shape index (κ2) is 2.66. The number of nitrogens with zero attached hydrogens (tertiary/aromatic N) is 1. The molecule has 0 fully saturated rings. The maximum Gasteiger partial charge on any atom is 0.223 e. The van der Waals surface area contributed by atoms with E-state index in [4.69, 9.17) is 5.73 Å². The van der Waals surface area contributed by atoms with Crippen LogP contribution in [0.15, 0.2) is 6.20 Å². The zero-order chi connectivity index (χ0) is 7.56. The highest BCUT2D eigenvalue weighted by molar-refractivity contribution is 7.19. The molecule has 0 spiro atoms. The van der Waals surface area contributed by atoms with Crippen molar-refractivity contribution in [2.45, 2.75) is 6.92 Å². The Bertz CT molecular complexity index is 245. The molecule has 0 aliphatic heterocycles. The molecule has 10 heavy (non-hydrogen) atoms. The van der Waals surface area contributed by atoms with E-state index >= 15 is 0 Å². The van der Waals surface area contributed by atoms with Crippen molar-refractivity contribution in [1.29, 1.82) is 0 Å². The summed E-state index contributed by atoms with van der Waals surface area (Å²) in [6, 6.07) is 0. The maximum absolute atomic E-state index is 10.4. The summed E-state index contributed by atoms with van der Waals surface area (Å²) in [5, 5.41) is 3.66. The molecule has 54 valence electrons. The minimum atomic E-state index is -0.130. The first kappa shape index (κ1) is 7.01. The summed E-state index contributed by atoms with van der Waals surface area (Å²) < 4.78 is 0. The van der Waals surface area contributed by atoms with Crippen molar-refractivity contribution < 1.29 is 4.79 Å². The van der Waals surface area contributed by atoms with Gasteiger partial charge in [-0.05, 0) is 0 Å². The molecule has 3 N–H and O–H groups in total. The molecule has 5 heteroatoms. The van der Waals surface area contributed by atoms with Crippen molar-refractivity contribution >= 4 is 27.4 Å². The van der Waals surface area contributed by atoms with Crippen molar-refractivity contribution in [2.24, 2.45) is 0 Å². The van der Waals surface area contributed by atoms with E-state index in [-0.39, 0.29) is 5.91 Å². The van der Waals surface area contributed by atoms with Gasteiger partial charge in [-0.3, -0.25) is 4.79 Å². The van der Waals surface area contributed by atoms with Gasteiger partial charge in [-0.25, -0.2) is 4.98 Å². The Morgan fingerprint density at radius 3 is 3.00 bits per heavy atom. The highest BCUT2D eigenvalue weighted by Crippen LogP contribution is 2.18. The zero-order valence-electron chi connectivity index (χ0n) is 5.42. The molecule has 0 aliphatic rings. The lowest BCUT2D eigenvalue weighted by molar-refractivity contribution is -0.114. The van der Waals surface area contributed by atoms with Gasteiger partial charge in [0.05, 0.1) is 6.20 Å². The average Bonchev–Trinajstić information content (AvgIpc) is 2.13. The van der Waals surface area contributed by atoms with Crippen LogP contribution in [0.5, 0.6) is 0 Å². The summed E-state index contributed by atoms with van der Waals surface area (Å²) in [7, 11) is 0. The fraction of sp³-hybridized carbons (Fsp3) is 0.200. The molecule has 4 nitrogen and oxygen atoms in total. The first-order valence-corrected chi connectivity index (χ1v) is 3.49. The fourth-order valence-corrected chi connectivity index (χ4v) is 1.12. The third-order valence-corrected chi connectivity index (χ3v) is 1.55. The molecule has 0 saturated carbocycles. The number of nitrogen functional groups attached to an aromatic ring is 1. The topological polar surface area (TPSA) is 68.0 Å². The van der Waals surface area contributed by atoms with Gasteiger partial charge in [0.1, 0.15) is 5.00 Å². The van der Waals surface area contributed by atoms with E-state index in [1.54, 1.807) is 0 Å². The normalized spacial score (nSPS) is 9.30. The van der Waals surface area contributed by atoms with Gasteiger partial charge < -0.3 is 11.1 Å². The van der Waals surface area contributed by atoms with Gasteiger partial charge in [0.25, 0.3) is 0 Å². The van der Waals surface area contributed by atoms with Crippen LogP contribution in [0.2, 0.25) is 0 Å². The van der Waals surface area contributed by atoms with Gasteiger partial charge in [0, 0.05) is 6.92 Å². The Balaban J connectivity index is 2.67. The van der Waals surface area contributed by atoms with E-state index in [0.717, 1.165) is 0 Å². The van der Waals surface area contributed by atoms with Crippen molar-refractivity contribution in [3.8, 4) is 0 Å². The monoisotopic (exact) mass is 157 g/mol. The second-order valence-electron chi connectivity index (χ2n) is 1.75. The molecule has 1 aromatic rings. The summed E-state index contributed by atoms with van der Waals surface area (Å²) >= 11 is 1.25. The molecule has 0 saturated heterocycles. The summed E-state index contributed by atoms with van der Waals surface area (Å²) in [4.78, 5) is 14.3. The molecular formula is C5H7N3OS. The van der Waals surface area contributed by atoms with E-state index in [9.17, 15) is 4.79 Å². The number of carbonyl (C=O) groups excluding carboxylic acids is 1. The summed E-state index contributed by atoms with van der Waals surface area (Å²) in [5.41, 5.74) is 5.36. The van der Waals surface area contributed by atoms with Crippen molar-refractivity contribution in [2.75, 3.05) is 11.1 Å². The highest BCUT2D eigenvalue weighted by atomic mass is 32.1. The number of thiazole rings is 1. The number of aromatic nitrogens is 1. The van der Waals surface area contributed by atoms with E-state index < -0.39 is 0 Å². The third-order valence-electron chi connectivity index (χ3n) is 0.807. The first-order valence-electron chi connectivity index (χ1n) is 2.67. The van der Waals surface area contributed by atoms with Gasteiger partial charge in [0.15, 0.2) is 5.13 Å². The smallest absolute Gasteiger partial charge is 0.223 e. The quantitative estimate of drug-likeness (QED) is 0.630. The van der Waals surface area contributed by atoms with Crippen LogP contribution in [0.3, 0.4) is 0 Å². The zero-order valence-corrected chi connectivity index (χ0v) is 6.23. The van der Waals surface area contributed by atoms with Crippen molar-refractivity contribution in [3.63, 3.8) is 0 Å². The van der Waals surface area contributed by atoms with Crippen LogP contribution in [0.25, 0.3) is 0 Å². The molecule has 0 bridgehead atoms. The van der Waals surface area contributed by atoms with E-state index in [0.29, 0.717) is 10.1 Å². The predicted molar refractivity (Wildman–Crippen MR) is 40.8 cm³/mol. The number of carbonyl (C=O) groups is 1. The Morgan fingerprint density at radius 2 is 2.60 bits per heavy atom. The summed E-state index contributed by atoms with van der Waals surface area (Å²) in [6.07, 6.45) is 1.51. The second-order valence-corrected chi connectivity index (χ2v) is 2.81. The van der Waals surface area contributed by atoms with Crippen LogP contribution in [-0.4, -0.2) is 10.9 Å². The summed E-state index contributed by atoms with van der Waals surface area (Å²) in [6.45, 7) is 1.43. The molecule has 0 aliphatic carbocycles. The Hall–Kier alpha value is -1.10. The van der Waals surface area contributed by atoms with Crippen LogP contribution in [0.1, 0.15) is 6.92 Å². The van der Waals surface area contributed by atoms with E-state index in [1.165, 1.54) is 24.5 Å². The Morgan fingerprint density at radius 1 is 1.90 bits per heavy atom. The standard InChI is InChI=1S/C5H7N3OS/c1-3(9)8-5-7-2-4(6)10-5/h2H,6H2,1H3,(H,7,8,9). The lowest BCUT2D eigenvalue weighted by Crippen LogP contribution is -2.04. The van der Waals surface area contributed by atoms with Gasteiger partial charge in [-0.2, -0.15) is 0 Å². The van der Waals surface area contributed by atoms with Gasteiger partial charge in [-0.15, -0.1) is 0 Å². The number of hydrogen-bond acceptors (Lipinski definition) is 4. The minimum Gasteiger partial charge on any atom is -0.389 e. The number of rotatable bonds is 1. The minimum absolute atomic E-state index is 0.130. The number of anilines is 2. The molecule has 1 heterocycles. The SMILES string of the molecule is CC(=O)Nc1ncc(N)s1. The Kier molecular flexibility index (Phi) is 1.86. The summed E-state index contributed by atoms with van der Waals surface area (Å²) in [5.74, 6) is -0.130. The molecule has 0 radical (unpaired) electrons. The van der Waals surface area contributed by atoms with Crippen LogP contribution in [0, 0.1) is 0 Å². The third kappa shape index (κ3) is 1.70. The van der Waals surface area contributed by atoms with Gasteiger partial charge in [-0.1, -0.05) is 11.3 Å². The average molecular weight is 157 g/mol. The maximum atomic E-state index is 10.4. The van der Waals surface area contributed by atoms with Crippen LogP contribution >= 0.6 is 11.3 Å². The van der Waals surface area contributed by atoms with Gasteiger partial charge >= 0.3 is 0 Å². The van der Waals surface area contributed by atoms with E-state index in [1.807, 2.05) is 0 Å². The first-order chi connectivity index (χ1) is 4.68. The van der Waals surface area contributed by atoms with Crippen molar-refractivity contribution in [3.05, 3.63) is 6.20 Å². The number of nitrogens with two attached hydrogens (primary N) is 1. The van der Waals surface area contributed by atoms with Crippen molar-refractivity contribution in [1.82, 2.24) is 4.98 Å². The van der Waals surface area contributed by atoms with Gasteiger partial charge in [0.2, 0.25) is 5.91 Å².